The van der Waals surface area contributed by atoms with Gasteiger partial charge in [0.15, 0.2) is 0 Å². The lowest BCUT2D eigenvalue weighted by molar-refractivity contribution is 0.0638. The van der Waals surface area contributed by atoms with Crippen LogP contribution in [0.5, 0.6) is 11.5 Å². The number of ether oxygens (including phenoxy) is 2. The van der Waals surface area contributed by atoms with E-state index >= 15 is 0 Å². The van der Waals surface area contributed by atoms with Crippen LogP contribution in [-0.2, 0) is 13.0 Å². The predicted molar refractivity (Wildman–Crippen MR) is 120 cm³/mol. The molecule has 0 amide bonds. The Morgan fingerprint density at radius 1 is 1.03 bits per heavy atom. The van der Waals surface area contributed by atoms with Gasteiger partial charge in [0.05, 0.1) is 7.11 Å². The van der Waals surface area contributed by atoms with E-state index in [2.05, 4.69) is 29.2 Å². The molecule has 1 aliphatic heterocycles. The summed E-state index contributed by atoms with van der Waals surface area (Å²) < 4.78 is 11.4. The summed E-state index contributed by atoms with van der Waals surface area (Å²) in [5.41, 5.74) is 4.62. The lowest BCUT2D eigenvalue weighted by Gasteiger charge is -2.30. The van der Waals surface area contributed by atoms with E-state index in [0.717, 1.165) is 36.4 Å². The van der Waals surface area contributed by atoms with Gasteiger partial charge in [-0.15, -0.1) is 0 Å². The van der Waals surface area contributed by atoms with E-state index in [4.69, 9.17) is 21.1 Å². The SMILES string of the molecule is COc1ccc(Cl)cc1-c1cccc(OCC(O)CN2CCc3ccccc3C2)c1. The molecular weight excluding hydrogens is 398 g/mol. The van der Waals surface area contributed by atoms with Crippen LogP contribution in [0, 0.1) is 0 Å². The van der Waals surface area contributed by atoms with Crippen molar-refractivity contribution < 1.29 is 14.6 Å². The monoisotopic (exact) mass is 423 g/mol. The number of fused-ring (bicyclic) bond motifs is 1. The molecule has 0 saturated carbocycles. The summed E-state index contributed by atoms with van der Waals surface area (Å²) in [7, 11) is 1.64. The molecule has 0 radical (unpaired) electrons. The van der Waals surface area contributed by atoms with Crippen molar-refractivity contribution in [2.75, 3.05) is 26.8 Å². The number of nitrogens with zero attached hydrogens (tertiary/aromatic N) is 1. The van der Waals surface area contributed by atoms with Gasteiger partial charge < -0.3 is 14.6 Å². The van der Waals surface area contributed by atoms with Crippen LogP contribution in [0.15, 0.2) is 66.7 Å². The summed E-state index contributed by atoms with van der Waals surface area (Å²) in [5.74, 6) is 1.46. The Morgan fingerprint density at radius 2 is 1.87 bits per heavy atom. The molecule has 1 heterocycles. The van der Waals surface area contributed by atoms with E-state index in [9.17, 15) is 5.11 Å². The molecule has 0 aliphatic carbocycles. The third kappa shape index (κ3) is 4.96. The molecule has 30 heavy (non-hydrogen) atoms. The lowest BCUT2D eigenvalue weighted by Crippen LogP contribution is -2.38. The van der Waals surface area contributed by atoms with Crippen molar-refractivity contribution >= 4 is 11.6 Å². The Morgan fingerprint density at radius 3 is 2.70 bits per heavy atom. The third-order valence-electron chi connectivity index (χ3n) is 5.43. The van der Waals surface area contributed by atoms with Crippen molar-refractivity contribution in [3.05, 3.63) is 82.9 Å². The quantitative estimate of drug-likeness (QED) is 0.592. The van der Waals surface area contributed by atoms with Crippen molar-refractivity contribution in [1.82, 2.24) is 4.90 Å². The van der Waals surface area contributed by atoms with Gasteiger partial charge in [0.25, 0.3) is 0 Å². The standard InChI is InChI=1S/C25H26ClNO3/c1-29-25-10-9-21(26)14-24(25)19-7-4-8-23(13-19)30-17-22(28)16-27-12-11-18-5-2-3-6-20(18)15-27/h2-10,13-14,22,28H,11-12,15-17H2,1H3. The van der Waals surface area contributed by atoms with Gasteiger partial charge in [-0.05, 0) is 53.4 Å². The van der Waals surface area contributed by atoms with Crippen LogP contribution in [0.3, 0.4) is 0 Å². The zero-order valence-corrected chi connectivity index (χ0v) is 17.8. The predicted octanol–water partition coefficient (Wildman–Crippen LogP) is 4.81. The van der Waals surface area contributed by atoms with E-state index in [1.165, 1.54) is 11.1 Å². The topological polar surface area (TPSA) is 41.9 Å². The fraction of sp³-hybridized carbons (Fsp3) is 0.280. The van der Waals surface area contributed by atoms with Gasteiger partial charge in [-0.2, -0.15) is 0 Å². The lowest BCUT2D eigenvalue weighted by atomic mass is 10.00. The Kier molecular flexibility index (Phi) is 6.58. The molecule has 1 aliphatic rings. The smallest absolute Gasteiger partial charge is 0.126 e. The van der Waals surface area contributed by atoms with E-state index in [1.807, 2.05) is 36.4 Å². The summed E-state index contributed by atoms with van der Waals surface area (Å²) in [6.07, 6.45) is 0.465. The summed E-state index contributed by atoms with van der Waals surface area (Å²) in [5, 5.41) is 11.2. The van der Waals surface area contributed by atoms with Crippen LogP contribution in [0.2, 0.25) is 5.02 Å². The van der Waals surface area contributed by atoms with Crippen molar-refractivity contribution in [2.24, 2.45) is 0 Å². The molecule has 156 valence electrons. The van der Waals surface area contributed by atoms with Gasteiger partial charge in [-0.25, -0.2) is 0 Å². The molecule has 0 aromatic heterocycles. The molecule has 1 unspecified atom stereocenters. The third-order valence-corrected chi connectivity index (χ3v) is 5.66. The molecule has 0 saturated heterocycles. The van der Waals surface area contributed by atoms with E-state index in [-0.39, 0.29) is 6.61 Å². The Labute approximate surface area is 182 Å². The molecule has 0 bridgehead atoms. The minimum Gasteiger partial charge on any atom is -0.496 e. The van der Waals surface area contributed by atoms with Crippen LogP contribution < -0.4 is 9.47 Å². The van der Waals surface area contributed by atoms with Crippen LogP contribution in [0.25, 0.3) is 11.1 Å². The molecule has 3 aromatic carbocycles. The molecule has 1 N–H and O–H groups in total. The number of β-amino-alcohol motifs (C(OH)–C–C–N with tert-alkyl or cyclic N) is 1. The number of aliphatic hydroxyl groups is 1. The molecule has 0 spiro atoms. The first-order valence-electron chi connectivity index (χ1n) is 10.2. The highest BCUT2D eigenvalue weighted by Gasteiger charge is 2.19. The zero-order valence-electron chi connectivity index (χ0n) is 17.1. The molecular formula is C25H26ClNO3. The Balaban J connectivity index is 1.37. The van der Waals surface area contributed by atoms with Gasteiger partial charge in [0.2, 0.25) is 0 Å². The average Bonchev–Trinajstić information content (AvgIpc) is 2.78. The Hall–Kier alpha value is -2.53. The molecule has 3 aromatic rings. The number of methoxy groups -OCH3 is 1. The first-order valence-corrected chi connectivity index (χ1v) is 10.5. The highest BCUT2D eigenvalue weighted by Crippen LogP contribution is 2.34. The summed E-state index contributed by atoms with van der Waals surface area (Å²) in [6, 6.07) is 21.8. The fourth-order valence-electron chi connectivity index (χ4n) is 3.91. The molecule has 5 heteroatoms. The summed E-state index contributed by atoms with van der Waals surface area (Å²) in [4.78, 5) is 2.28. The largest absolute Gasteiger partial charge is 0.496 e. The molecule has 1 atom stereocenters. The van der Waals surface area contributed by atoms with Crippen molar-refractivity contribution in [2.45, 2.75) is 19.1 Å². The second-order valence-corrected chi connectivity index (χ2v) is 8.03. The highest BCUT2D eigenvalue weighted by atomic mass is 35.5. The molecule has 0 fully saturated rings. The van der Waals surface area contributed by atoms with Gasteiger partial charge in [-0.1, -0.05) is 48.0 Å². The zero-order chi connectivity index (χ0) is 20.9. The van der Waals surface area contributed by atoms with E-state index in [0.29, 0.717) is 17.3 Å². The van der Waals surface area contributed by atoms with Crippen LogP contribution >= 0.6 is 11.6 Å². The Bertz CT molecular complexity index is 1010. The van der Waals surface area contributed by atoms with E-state index in [1.54, 1.807) is 13.2 Å². The number of halogens is 1. The van der Waals surface area contributed by atoms with Gasteiger partial charge in [0, 0.05) is 30.2 Å². The number of rotatable bonds is 7. The first kappa shape index (κ1) is 20.7. The first-order chi connectivity index (χ1) is 14.6. The maximum absolute atomic E-state index is 10.5. The average molecular weight is 424 g/mol. The van der Waals surface area contributed by atoms with Gasteiger partial charge in [-0.3, -0.25) is 4.90 Å². The minimum atomic E-state index is -0.556. The molecule has 4 rings (SSSR count). The second-order valence-electron chi connectivity index (χ2n) is 7.59. The maximum Gasteiger partial charge on any atom is 0.126 e. The summed E-state index contributed by atoms with van der Waals surface area (Å²) >= 11 is 6.17. The van der Waals surface area contributed by atoms with Crippen molar-refractivity contribution in [3.8, 4) is 22.6 Å². The van der Waals surface area contributed by atoms with Crippen LogP contribution in [0.1, 0.15) is 11.1 Å². The van der Waals surface area contributed by atoms with Gasteiger partial charge >= 0.3 is 0 Å². The van der Waals surface area contributed by atoms with Crippen molar-refractivity contribution in [1.29, 1.82) is 0 Å². The summed E-state index contributed by atoms with van der Waals surface area (Å²) in [6.45, 7) is 2.67. The normalized spacial score (nSPS) is 14.8. The minimum absolute atomic E-state index is 0.244. The molecule has 4 nitrogen and oxygen atoms in total. The van der Waals surface area contributed by atoms with Crippen LogP contribution in [-0.4, -0.2) is 42.9 Å². The number of hydrogen-bond donors (Lipinski definition) is 1. The highest BCUT2D eigenvalue weighted by molar-refractivity contribution is 6.31. The van der Waals surface area contributed by atoms with Gasteiger partial charge in [0.1, 0.15) is 24.2 Å². The van der Waals surface area contributed by atoms with Crippen molar-refractivity contribution in [3.63, 3.8) is 0 Å². The fourth-order valence-corrected chi connectivity index (χ4v) is 4.08. The van der Waals surface area contributed by atoms with Crippen LogP contribution in [0.4, 0.5) is 0 Å². The number of hydrogen-bond acceptors (Lipinski definition) is 4. The second kappa shape index (κ2) is 9.52. The number of aliphatic hydroxyl groups excluding tert-OH is 1. The maximum atomic E-state index is 10.5. The van der Waals surface area contributed by atoms with E-state index < -0.39 is 6.10 Å². The number of benzene rings is 3.